The summed E-state index contributed by atoms with van der Waals surface area (Å²) in [6, 6.07) is 7.50. The highest BCUT2D eigenvalue weighted by molar-refractivity contribution is 6.30. The van der Waals surface area contributed by atoms with Crippen LogP contribution in [0.5, 0.6) is 0 Å². The number of nitrogens with two attached hydrogens (primary N) is 2. The molecule has 0 spiro atoms. The zero-order valence-corrected chi connectivity index (χ0v) is 14.3. The molecule has 122 valence electrons. The van der Waals surface area contributed by atoms with Gasteiger partial charge in [-0.25, -0.2) is 4.99 Å². The molecule has 1 unspecified atom stereocenters. The molecule has 7 heteroatoms. The Morgan fingerprint density at radius 1 is 1.14 bits per heavy atom. The second-order valence-corrected chi connectivity index (χ2v) is 5.57. The van der Waals surface area contributed by atoms with E-state index in [1.165, 1.54) is 19.3 Å². The van der Waals surface area contributed by atoms with E-state index in [0.29, 0.717) is 11.0 Å². The Balaban J connectivity index is 0.00000242. The van der Waals surface area contributed by atoms with Gasteiger partial charge in [-0.05, 0) is 37.1 Å². The molecule has 1 aliphatic heterocycles. The second kappa shape index (κ2) is 8.86. The van der Waals surface area contributed by atoms with Gasteiger partial charge < -0.3 is 11.5 Å². The second-order valence-electron chi connectivity index (χ2n) is 5.13. The zero-order valence-electron chi connectivity index (χ0n) is 12.7. The molecule has 0 bridgehead atoms. The lowest BCUT2D eigenvalue weighted by Crippen LogP contribution is -2.48. The fourth-order valence-electron chi connectivity index (χ4n) is 2.42. The molecule has 5 nitrogen and oxygen atoms in total. The molecule has 1 aromatic rings. The third kappa shape index (κ3) is 4.78. The van der Waals surface area contributed by atoms with Crippen LogP contribution in [0.15, 0.2) is 34.3 Å². The molecule has 22 heavy (non-hydrogen) atoms. The summed E-state index contributed by atoms with van der Waals surface area (Å²) >= 11 is 5.94. The lowest BCUT2D eigenvalue weighted by atomic mass is 10.1. The number of aliphatic imine (C=N–C) groups is 2. The van der Waals surface area contributed by atoms with Crippen molar-refractivity contribution in [2.45, 2.75) is 45.2 Å². The first-order valence-corrected chi connectivity index (χ1v) is 7.72. The number of rotatable bonds is 6. The van der Waals surface area contributed by atoms with Gasteiger partial charge in [0.05, 0.1) is 0 Å². The van der Waals surface area contributed by atoms with Crippen molar-refractivity contribution < 1.29 is 0 Å². The zero-order chi connectivity index (χ0) is 15.2. The number of anilines is 1. The van der Waals surface area contributed by atoms with Gasteiger partial charge in [0.15, 0.2) is 0 Å². The molecule has 0 amide bonds. The Kier molecular flexibility index (Phi) is 7.48. The Morgan fingerprint density at radius 3 is 2.45 bits per heavy atom. The first-order valence-electron chi connectivity index (χ1n) is 7.34. The van der Waals surface area contributed by atoms with Crippen molar-refractivity contribution in [3.63, 3.8) is 0 Å². The number of nitrogens with zero attached hydrogens (tertiary/aromatic N) is 3. The molecule has 0 saturated heterocycles. The van der Waals surface area contributed by atoms with E-state index in [-0.39, 0.29) is 24.5 Å². The fourth-order valence-corrected chi connectivity index (χ4v) is 2.54. The molecular formula is C15H23Cl2N5. The number of unbranched alkanes of at least 4 members (excludes halogenated alkanes) is 3. The van der Waals surface area contributed by atoms with E-state index >= 15 is 0 Å². The van der Waals surface area contributed by atoms with E-state index in [1.54, 1.807) is 0 Å². The summed E-state index contributed by atoms with van der Waals surface area (Å²) in [5.74, 6) is 0.628. The number of guanidine groups is 2. The molecule has 4 N–H and O–H groups in total. The molecule has 2 rings (SSSR count). The number of halogens is 2. The van der Waals surface area contributed by atoms with Crippen LogP contribution in [0.4, 0.5) is 5.69 Å². The molecule has 0 aliphatic carbocycles. The molecular weight excluding hydrogens is 321 g/mol. The maximum absolute atomic E-state index is 6.04. The SMILES string of the molecule is CCCCCCC1N=C(N)N=C(N)N1c1ccc(Cl)cc1.Cl. The van der Waals surface area contributed by atoms with Crippen LogP contribution >= 0.6 is 24.0 Å². The van der Waals surface area contributed by atoms with Crippen molar-refractivity contribution in [3.05, 3.63) is 29.3 Å². The molecule has 0 fully saturated rings. The topological polar surface area (TPSA) is 80.0 Å². The van der Waals surface area contributed by atoms with Gasteiger partial charge >= 0.3 is 0 Å². The monoisotopic (exact) mass is 343 g/mol. The Hall–Kier alpha value is -1.46. The van der Waals surface area contributed by atoms with Crippen molar-refractivity contribution >= 4 is 41.6 Å². The van der Waals surface area contributed by atoms with Crippen LogP contribution in [0.2, 0.25) is 5.02 Å². The van der Waals surface area contributed by atoms with Gasteiger partial charge in [-0.3, -0.25) is 4.90 Å². The van der Waals surface area contributed by atoms with Crippen LogP contribution in [-0.4, -0.2) is 18.1 Å². The highest BCUT2D eigenvalue weighted by Crippen LogP contribution is 2.24. The van der Waals surface area contributed by atoms with Crippen molar-refractivity contribution in [1.29, 1.82) is 0 Å². The summed E-state index contributed by atoms with van der Waals surface area (Å²) in [7, 11) is 0. The number of benzene rings is 1. The third-order valence-electron chi connectivity index (χ3n) is 3.48. The quantitative estimate of drug-likeness (QED) is 0.775. The lowest BCUT2D eigenvalue weighted by Gasteiger charge is -2.32. The van der Waals surface area contributed by atoms with E-state index < -0.39 is 0 Å². The van der Waals surface area contributed by atoms with Crippen molar-refractivity contribution in [1.82, 2.24) is 0 Å². The smallest absolute Gasteiger partial charge is 0.220 e. The largest absolute Gasteiger partial charge is 0.369 e. The summed E-state index contributed by atoms with van der Waals surface area (Å²) < 4.78 is 0. The van der Waals surface area contributed by atoms with Crippen LogP contribution in [-0.2, 0) is 0 Å². The minimum Gasteiger partial charge on any atom is -0.369 e. The van der Waals surface area contributed by atoms with Crippen LogP contribution in [0.1, 0.15) is 39.0 Å². The maximum Gasteiger partial charge on any atom is 0.220 e. The molecule has 0 radical (unpaired) electrons. The van der Waals surface area contributed by atoms with Gasteiger partial charge in [-0.15, -0.1) is 12.4 Å². The van der Waals surface area contributed by atoms with Crippen molar-refractivity contribution in [3.8, 4) is 0 Å². The standard InChI is InChI=1S/C15H22ClN5.ClH/c1-2-3-4-5-6-13-19-14(17)20-15(18)21(13)12-9-7-11(16)8-10-12;/h7-10,13H,2-6H2,1H3,(H4,17,18,19,20);1H. The Morgan fingerprint density at radius 2 is 1.82 bits per heavy atom. The first kappa shape index (κ1) is 18.6. The highest BCUT2D eigenvalue weighted by atomic mass is 35.5. The van der Waals surface area contributed by atoms with Gasteiger partial charge in [0.25, 0.3) is 0 Å². The van der Waals surface area contributed by atoms with Crippen molar-refractivity contribution in [2.75, 3.05) is 4.90 Å². The fraction of sp³-hybridized carbons (Fsp3) is 0.467. The summed E-state index contributed by atoms with van der Waals surface area (Å²) in [6.45, 7) is 2.20. The molecule has 1 heterocycles. The molecule has 0 aromatic heterocycles. The van der Waals surface area contributed by atoms with Gasteiger partial charge in [0.1, 0.15) is 6.17 Å². The van der Waals surface area contributed by atoms with Gasteiger partial charge in [-0.1, -0.05) is 37.8 Å². The van der Waals surface area contributed by atoms with Crippen LogP contribution in [0.3, 0.4) is 0 Å². The Bertz CT molecular complexity index is 527. The molecule has 0 saturated carbocycles. The average Bonchev–Trinajstić information content (AvgIpc) is 2.45. The molecule has 1 aromatic carbocycles. The van der Waals surface area contributed by atoms with Crippen LogP contribution in [0, 0.1) is 0 Å². The number of hydrogen-bond donors (Lipinski definition) is 2. The van der Waals surface area contributed by atoms with E-state index in [4.69, 9.17) is 23.1 Å². The summed E-state index contributed by atoms with van der Waals surface area (Å²) in [5, 5.41) is 0.689. The van der Waals surface area contributed by atoms with Gasteiger partial charge in [0.2, 0.25) is 11.9 Å². The Labute approximate surface area is 142 Å². The lowest BCUT2D eigenvalue weighted by molar-refractivity contribution is 0.554. The van der Waals surface area contributed by atoms with Crippen LogP contribution < -0.4 is 16.4 Å². The average molecular weight is 344 g/mol. The summed E-state index contributed by atoms with van der Waals surface area (Å²) in [6.07, 6.45) is 5.53. The third-order valence-corrected chi connectivity index (χ3v) is 3.73. The molecule has 1 aliphatic rings. The summed E-state index contributed by atoms with van der Waals surface area (Å²) in [5.41, 5.74) is 12.7. The summed E-state index contributed by atoms with van der Waals surface area (Å²) in [4.78, 5) is 10.4. The predicted octanol–water partition coefficient (Wildman–Crippen LogP) is 3.51. The van der Waals surface area contributed by atoms with Crippen molar-refractivity contribution in [2.24, 2.45) is 21.5 Å². The molecule has 1 atom stereocenters. The van der Waals surface area contributed by atoms with Gasteiger partial charge in [0, 0.05) is 10.7 Å². The minimum atomic E-state index is -0.0967. The maximum atomic E-state index is 6.04. The predicted molar refractivity (Wildman–Crippen MR) is 97.0 cm³/mol. The normalized spacial score (nSPS) is 17.5. The van der Waals surface area contributed by atoms with Gasteiger partial charge in [-0.2, -0.15) is 4.99 Å². The van der Waals surface area contributed by atoms with Crippen LogP contribution in [0.25, 0.3) is 0 Å². The first-order chi connectivity index (χ1) is 10.1. The van der Waals surface area contributed by atoms with E-state index in [1.807, 2.05) is 29.2 Å². The number of hydrogen-bond acceptors (Lipinski definition) is 5. The highest BCUT2D eigenvalue weighted by Gasteiger charge is 2.25. The minimum absolute atomic E-state index is 0. The van der Waals surface area contributed by atoms with E-state index in [9.17, 15) is 0 Å². The van der Waals surface area contributed by atoms with E-state index in [0.717, 1.165) is 18.5 Å². The van der Waals surface area contributed by atoms with E-state index in [2.05, 4.69) is 16.9 Å².